The van der Waals surface area contributed by atoms with Crippen molar-refractivity contribution in [1.29, 1.82) is 0 Å². The van der Waals surface area contributed by atoms with E-state index >= 15 is 0 Å². The summed E-state index contributed by atoms with van der Waals surface area (Å²) >= 11 is 0. The first-order valence-corrected chi connectivity index (χ1v) is 7.79. The lowest BCUT2D eigenvalue weighted by Crippen LogP contribution is -2.65. The molecule has 5 nitrogen and oxygen atoms in total. The number of carbonyl (C=O) groups excluding carboxylic acids is 1. The van der Waals surface area contributed by atoms with Crippen LogP contribution in [0.25, 0.3) is 0 Å². The minimum Gasteiger partial charge on any atom is -0.457 e. The molecular weight excluding hydrogens is 268 g/mol. The Morgan fingerprint density at radius 1 is 1.52 bits per heavy atom. The molecule has 5 heteroatoms. The van der Waals surface area contributed by atoms with E-state index in [-0.39, 0.29) is 29.6 Å². The average molecular weight is 292 g/mol. The van der Waals surface area contributed by atoms with Gasteiger partial charge in [0.05, 0.1) is 6.10 Å². The van der Waals surface area contributed by atoms with Gasteiger partial charge >= 0.3 is 5.97 Å². The van der Waals surface area contributed by atoms with E-state index in [2.05, 4.69) is 18.9 Å². The Kier molecular flexibility index (Phi) is 3.56. The van der Waals surface area contributed by atoms with Crippen molar-refractivity contribution in [1.82, 2.24) is 9.78 Å². The first-order chi connectivity index (χ1) is 9.91. The van der Waals surface area contributed by atoms with E-state index in [9.17, 15) is 4.79 Å². The highest BCUT2D eigenvalue weighted by Crippen LogP contribution is 2.53. The molecule has 21 heavy (non-hydrogen) atoms. The van der Waals surface area contributed by atoms with E-state index in [0.29, 0.717) is 11.6 Å². The minimum atomic E-state index is -0.323. The Bertz CT molecular complexity index is 535. The lowest BCUT2D eigenvalue weighted by molar-refractivity contribution is -0.243. The van der Waals surface area contributed by atoms with E-state index < -0.39 is 0 Å². The number of nitrogens with zero attached hydrogens (tertiary/aromatic N) is 2. The SMILES string of the molecule is CC(C)n1ccc(C(=O)O[C@@H]2[C@@H]3CCCO[C@@H]3C2(C)C)n1. The van der Waals surface area contributed by atoms with Gasteiger partial charge in [0.15, 0.2) is 5.69 Å². The zero-order chi connectivity index (χ0) is 15.2. The van der Waals surface area contributed by atoms with Crippen LogP contribution in [0.5, 0.6) is 0 Å². The summed E-state index contributed by atoms with van der Waals surface area (Å²) in [6.45, 7) is 9.11. The Hall–Kier alpha value is -1.36. The molecule has 1 saturated carbocycles. The first kappa shape index (κ1) is 14.6. The maximum absolute atomic E-state index is 12.3. The van der Waals surface area contributed by atoms with Crippen LogP contribution in [0.2, 0.25) is 0 Å². The van der Waals surface area contributed by atoms with Crippen molar-refractivity contribution in [2.24, 2.45) is 11.3 Å². The molecule has 3 atom stereocenters. The summed E-state index contributed by atoms with van der Waals surface area (Å²) < 4.78 is 13.4. The molecule has 116 valence electrons. The molecule has 1 aliphatic carbocycles. The predicted octanol–water partition coefficient (Wildman–Crippen LogP) is 2.82. The van der Waals surface area contributed by atoms with Crippen molar-refractivity contribution in [3.8, 4) is 0 Å². The van der Waals surface area contributed by atoms with Crippen LogP contribution in [0.4, 0.5) is 0 Å². The highest BCUT2D eigenvalue weighted by molar-refractivity contribution is 5.87. The molecule has 1 aliphatic heterocycles. The summed E-state index contributed by atoms with van der Waals surface area (Å²) in [5.74, 6) is 0.0152. The third-order valence-corrected chi connectivity index (χ3v) is 4.80. The second-order valence-corrected chi connectivity index (χ2v) is 7.02. The third kappa shape index (κ3) is 2.37. The molecule has 0 radical (unpaired) electrons. The number of aromatic nitrogens is 2. The van der Waals surface area contributed by atoms with Gasteiger partial charge in [-0.1, -0.05) is 13.8 Å². The van der Waals surface area contributed by atoms with E-state index in [0.717, 1.165) is 19.4 Å². The molecule has 0 bridgehead atoms. The highest BCUT2D eigenvalue weighted by atomic mass is 16.6. The van der Waals surface area contributed by atoms with Gasteiger partial charge in [0, 0.05) is 30.2 Å². The molecule has 2 heterocycles. The van der Waals surface area contributed by atoms with E-state index in [1.807, 2.05) is 20.0 Å². The highest BCUT2D eigenvalue weighted by Gasteiger charge is 2.60. The molecule has 3 rings (SSSR count). The van der Waals surface area contributed by atoms with Crippen LogP contribution < -0.4 is 0 Å². The van der Waals surface area contributed by atoms with Gasteiger partial charge < -0.3 is 9.47 Å². The number of rotatable bonds is 3. The van der Waals surface area contributed by atoms with Crippen molar-refractivity contribution in [3.05, 3.63) is 18.0 Å². The average Bonchev–Trinajstić information content (AvgIpc) is 2.94. The quantitative estimate of drug-likeness (QED) is 0.804. The third-order valence-electron chi connectivity index (χ3n) is 4.80. The molecule has 1 saturated heterocycles. The molecule has 0 spiro atoms. The van der Waals surface area contributed by atoms with E-state index in [1.54, 1.807) is 10.7 Å². The van der Waals surface area contributed by atoms with Crippen LogP contribution in [-0.2, 0) is 9.47 Å². The van der Waals surface area contributed by atoms with Crippen LogP contribution in [0, 0.1) is 11.3 Å². The molecule has 2 aliphatic rings. The fourth-order valence-electron chi connectivity index (χ4n) is 3.63. The van der Waals surface area contributed by atoms with E-state index in [4.69, 9.17) is 9.47 Å². The van der Waals surface area contributed by atoms with Gasteiger partial charge in [-0.3, -0.25) is 4.68 Å². The summed E-state index contributed by atoms with van der Waals surface area (Å²) in [7, 11) is 0. The number of hydrogen-bond donors (Lipinski definition) is 0. The van der Waals surface area contributed by atoms with Gasteiger partial charge in [-0.25, -0.2) is 4.79 Å². The second kappa shape index (κ2) is 5.13. The van der Waals surface area contributed by atoms with Crippen LogP contribution in [0.1, 0.15) is 57.1 Å². The van der Waals surface area contributed by atoms with Crippen LogP contribution in [0.15, 0.2) is 12.3 Å². The Morgan fingerprint density at radius 3 is 2.95 bits per heavy atom. The first-order valence-electron chi connectivity index (χ1n) is 7.79. The number of fused-ring (bicyclic) bond motifs is 1. The van der Waals surface area contributed by atoms with E-state index in [1.165, 1.54) is 0 Å². The number of esters is 1. The number of ether oxygens (including phenoxy) is 2. The summed E-state index contributed by atoms with van der Waals surface area (Å²) in [4.78, 5) is 12.3. The Morgan fingerprint density at radius 2 is 2.29 bits per heavy atom. The summed E-state index contributed by atoms with van der Waals surface area (Å²) in [5.41, 5.74) is 0.279. The van der Waals surface area contributed by atoms with Gasteiger partial charge in [-0.15, -0.1) is 0 Å². The van der Waals surface area contributed by atoms with Gasteiger partial charge in [-0.2, -0.15) is 5.10 Å². The van der Waals surface area contributed by atoms with Crippen molar-refractivity contribution in [2.45, 2.75) is 58.8 Å². The van der Waals surface area contributed by atoms with Crippen molar-refractivity contribution in [2.75, 3.05) is 6.61 Å². The molecule has 0 N–H and O–H groups in total. The monoisotopic (exact) mass is 292 g/mol. The molecule has 0 unspecified atom stereocenters. The van der Waals surface area contributed by atoms with Crippen LogP contribution in [-0.4, -0.2) is 34.6 Å². The normalized spacial score (nSPS) is 30.6. The van der Waals surface area contributed by atoms with Crippen molar-refractivity contribution in [3.63, 3.8) is 0 Å². The smallest absolute Gasteiger partial charge is 0.359 e. The maximum atomic E-state index is 12.3. The minimum absolute atomic E-state index is 0.0699. The lowest BCUT2D eigenvalue weighted by Gasteiger charge is -2.58. The van der Waals surface area contributed by atoms with Gasteiger partial charge in [0.25, 0.3) is 0 Å². The topological polar surface area (TPSA) is 53.4 Å². The fourth-order valence-corrected chi connectivity index (χ4v) is 3.63. The van der Waals surface area contributed by atoms with Crippen LogP contribution in [0.3, 0.4) is 0 Å². The number of hydrogen-bond acceptors (Lipinski definition) is 4. The van der Waals surface area contributed by atoms with Crippen molar-refractivity contribution >= 4 is 5.97 Å². The largest absolute Gasteiger partial charge is 0.457 e. The summed E-state index contributed by atoms with van der Waals surface area (Å²) in [5, 5.41) is 4.28. The number of carbonyl (C=O) groups is 1. The Balaban J connectivity index is 1.69. The summed E-state index contributed by atoms with van der Waals surface area (Å²) in [6.07, 6.45) is 4.09. The van der Waals surface area contributed by atoms with Gasteiger partial charge in [0.2, 0.25) is 0 Å². The Labute approximate surface area is 125 Å². The molecule has 1 aromatic rings. The zero-order valence-corrected chi connectivity index (χ0v) is 13.2. The standard InChI is InChI=1S/C16H24N2O3/c1-10(2)18-8-7-12(17-18)15(19)21-14-11-6-5-9-20-13(11)16(14,3)4/h7-8,10-11,13-14H,5-6,9H2,1-4H3/t11-,13+,14-/m1/s1. The zero-order valence-electron chi connectivity index (χ0n) is 13.2. The summed E-state index contributed by atoms with van der Waals surface area (Å²) in [6, 6.07) is 1.96. The molecule has 2 fully saturated rings. The predicted molar refractivity (Wildman–Crippen MR) is 78.1 cm³/mol. The molecule has 0 amide bonds. The molecule has 1 aromatic heterocycles. The lowest BCUT2D eigenvalue weighted by atomic mass is 9.57. The van der Waals surface area contributed by atoms with Crippen LogP contribution >= 0.6 is 0 Å². The van der Waals surface area contributed by atoms with Crippen molar-refractivity contribution < 1.29 is 14.3 Å². The maximum Gasteiger partial charge on any atom is 0.359 e. The fraction of sp³-hybridized carbons (Fsp3) is 0.750. The van der Waals surface area contributed by atoms with Gasteiger partial charge in [-0.05, 0) is 32.8 Å². The molecule has 0 aromatic carbocycles. The second-order valence-electron chi connectivity index (χ2n) is 7.02. The molecular formula is C16H24N2O3. The van der Waals surface area contributed by atoms with Gasteiger partial charge in [0.1, 0.15) is 6.10 Å².